The first-order valence-electron chi connectivity index (χ1n) is 16.7. The van der Waals surface area contributed by atoms with Crippen molar-refractivity contribution in [3.63, 3.8) is 0 Å². The van der Waals surface area contributed by atoms with Crippen LogP contribution in [0.4, 0.5) is 14.5 Å². The largest absolute Gasteiger partial charge is 0.493 e. The second-order valence-electron chi connectivity index (χ2n) is 12.2. The standard InChI is InChI=1S/C38H36F2N4O6/c1-47-33-21-28-30(22-34(33)48-18-5-17-43-15-3-2-4-16-43)41-14-12-31(28)50-32-11-8-26(20-29(32)40)42-37(45)35-36-24(13-19-49-36)23-44(38(35)46)27-9-6-25(39)7-10-27/h6-12,14,20-23H,2-5,13,15-19H2,1H3,(H,42,45). The summed E-state index contributed by atoms with van der Waals surface area (Å²) in [5.74, 6) is -0.467. The van der Waals surface area contributed by atoms with Crippen LogP contribution in [0.25, 0.3) is 16.6 Å². The van der Waals surface area contributed by atoms with Gasteiger partial charge in [0.05, 0.1) is 25.8 Å². The number of carbonyl (C=O) groups is 1. The summed E-state index contributed by atoms with van der Waals surface area (Å²) in [6.45, 7) is 4.09. The number of fused-ring (bicyclic) bond motifs is 2. The minimum atomic E-state index is -0.769. The highest BCUT2D eigenvalue weighted by Crippen LogP contribution is 2.38. The Kier molecular flexibility index (Phi) is 9.61. The van der Waals surface area contributed by atoms with Crippen LogP contribution in [0, 0.1) is 11.6 Å². The SMILES string of the molecule is COc1cc2c(Oc3ccc(NC(=O)c4c5c(cn(-c6ccc(F)cc6)c4=O)CCO5)cc3F)ccnc2cc1OCCCN1CCCCC1. The maximum atomic E-state index is 15.5. The molecule has 3 aromatic carbocycles. The van der Waals surface area contributed by atoms with E-state index in [1.165, 1.54) is 60.2 Å². The monoisotopic (exact) mass is 682 g/mol. The summed E-state index contributed by atoms with van der Waals surface area (Å²) >= 11 is 0. The van der Waals surface area contributed by atoms with Gasteiger partial charge in [-0.05, 0) is 80.9 Å². The van der Waals surface area contributed by atoms with Crippen molar-refractivity contribution in [1.29, 1.82) is 0 Å². The van der Waals surface area contributed by atoms with Gasteiger partial charge in [0.2, 0.25) is 0 Å². The number of likely N-dealkylation sites (tertiary alicyclic amines) is 1. The minimum Gasteiger partial charge on any atom is -0.493 e. The van der Waals surface area contributed by atoms with Crippen molar-refractivity contribution in [2.75, 3.05) is 45.3 Å². The quantitative estimate of drug-likeness (QED) is 0.150. The van der Waals surface area contributed by atoms with Crippen LogP contribution >= 0.6 is 0 Å². The Morgan fingerprint density at radius 1 is 0.960 bits per heavy atom. The van der Waals surface area contributed by atoms with Crippen LogP contribution in [0.2, 0.25) is 0 Å². The highest BCUT2D eigenvalue weighted by Gasteiger charge is 2.27. The van der Waals surface area contributed by atoms with Crippen molar-refractivity contribution in [2.45, 2.75) is 32.1 Å². The van der Waals surface area contributed by atoms with Crippen LogP contribution in [0.5, 0.6) is 28.7 Å². The zero-order valence-electron chi connectivity index (χ0n) is 27.5. The molecule has 0 saturated carbocycles. The molecule has 12 heteroatoms. The summed E-state index contributed by atoms with van der Waals surface area (Å²) < 4.78 is 53.6. The second kappa shape index (κ2) is 14.6. The van der Waals surface area contributed by atoms with Crippen molar-refractivity contribution in [2.24, 2.45) is 0 Å². The van der Waals surface area contributed by atoms with E-state index in [-0.39, 0.29) is 22.7 Å². The average molecular weight is 683 g/mol. The smallest absolute Gasteiger partial charge is 0.271 e. The van der Waals surface area contributed by atoms with Crippen LogP contribution in [0.3, 0.4) is 0 Å². The predicted octanol–water partition coefficient (Wildman–Crippen LogP) is 6.91. The lowest BCUT2D eigenvalue weighted by atomic mass is 10.1. The lowest BCUT2D eigenvalue weighted by Gasteiger charge is -2.26. The molecule has 1 saturated heterocycles. The number of aromatic nitrogens is 2. The summed E-state index contributed by atoms with van der Waals surface area (Å²) in [4.78, 5) is 33.9. The highest BCUT2D eigenvalue weighted by molar-refractivity contribution is 6.06. The molecule has 0 unspecified atom stereocenters. The van der Waals surface area contributed by atoms with Crippen molar-refractivity contribution in [3.05, 3.63) is 106 Å². The number of hydrogen-bond donors (Lipinski definition) is 1. The number of benzene rings is 3. The second-order valence-corrected chi connectivity index (χ2v) is 12.2. The molecule has 10 nitrogen and oxygen atoms in total. The summed E-state index contributed by atoms with van der Waals surface area (Å²) in [6.07, 6.45) is 8.32. The molecule has 1 N–H and O–H groups in total. The third-order valence-corrected chi connectivity index (χ3v) is 8.91. The maximum Gasteiger partial charge on any atom is 0.271 e. The van der Waals surface area contributed by atoms with Crippen LogP contribution in [-0.2, 0) is 6.42 Å². The van der Waals surface area contributed by atoms with Gasteiger partial charge in [-0.2, -0.15) is 0 Å². The number of amides is 1. The van der Waals surface area contributed by atoms with E-state index in [9.17, 15) is 14.0 Å². The molecular formula is C38H36F2N4O6. The Morgan fingerprint density at radius 3 is 2.56 bits per heavy atom. The molecule has 1 amide bonds. The molecule has 50 heavy (non-hydrogen) atoms. The summed E-state index contributed by atoms with van der Waals surface area (Å²) in [5, 5.41) is 3.20. The van der Waals surface area contributed by atoms with Crippen LogP contribution < -0.4 is 29.8 Å². The van der Waals surface area contributed by atoms with Gasteiger partial charge in [0.25, 0.3) is 11.5 Å². The maximum absolute atomic E-state index is 15.5. The number of hydrogen-bond acceptors (Lipinski definition) is 8. The molecule has 0 atom stereocenters. The third-order valence-electron chi connectivity index (χ3n) is 8.91. The van der Waals surface area contributed by atoms with Gasteiger partial charge in [0.15, 0.2) is 23.1 Å². The molecule has 0 aliphatic carbocycles. The molecule has 0 radical (unpaired) electrons. The number of piperidine rings is 1. The van der Waals surface area contributed by atoms with Gasteiger partial charge in [-0.25, -0.2) is 8.78 Å². The fraction of sp³-hybridized carbons (Fsp3) is 0.289. The number of rotatable bonds is 11. The van der Waals surface area contributed by atoms with E-state index in [0.717, 1.165) is 32.1 Å². The fourth-order valence-corrected chi connectivity index (χ4v) is 6.37. The van der Waals surface area contributed by atoms with Gasteiger partial charge in [-0.3, -0.25) is 19.1 Å². The van der Waals surface area contributed by atoms with E-state index in [0.29, 0.717) is 59.0 Å². The van der Waals surface area contributed by atoms with Crippen molar-refractivity contribution in [3.8, 4) is 34.4 Å². The summed E-state index contributed by atoms with van der Waals surface area (Å²) in [5.41, 5.74) is 0.852. The summed E-state index contributed by atoms with van der Waals surface area (Å²) in [6, 6.07) is 14.5. The molecule has 2 aromatic heterocycles. The minimum absolute atomic E-state index is 0.0879. The molecular weight excluding hydrogens is 646 g/mol. The molecule has 2 aliphatic heterocycles. The molecule has 4 heterocycles. The molecule has 0 bridgehead atoms. The van der Waals surface area contributed by atoms with E-state index in [1.807, 2.05) is 0 Å². The van der Waals surface area contributed by atoms with E-state index in [2.05, 4.69) is 15.2 Å². The predicted molar refractivity (Wildman–Crippen MR) is 184 cm³/mol. The molecule has 1 fully saturated rings. The molecule has 0 spiro atoms. The zero-order chi connectivity index (χ0) is 34.6. The number of nitrogens with zero attached hydrogens (tertiary/aromatic N) is 3. The zero-order valence-corrected chi connectivity index (χ0v) is 27.5. The number of carbonyl (C=O) groups excluding carboxylic acids is 1. The molecule has 7 rings (SSSR count). The third kappa shape index (κ3) is 6.97. The molecule has 2 aliphatic rings. The Morgan fingerprint density at radius 2 is 1.78 bits per heavy atom. The lowest BCUT2D eigenvalue weighted by Crippen LogP contribution is -2.31. The first-order valence-corrected chi connectivity index (χ1v) is 16.7. The normalized spacial score (nSPS) is 14.2. The van der Waals surface area contributed by atoms with Gasteiger partial charge >= 0.3 is 0 Å². The number of nitrogens with one attached hydrogen (secondary N) is 1. The van der Waals surface area contributed by atoms with Gasteiger partial charge in [-0.15, -0.1) is 0 Å². The van der Waals surface area contributed by atoms with Crippen LogP contribution in [0.1, 0.15) is 41.6 Å². The van der Waals surface area contributed by atoms with Crippen LogP contribution in [-0.4, -0.2) is 60.3 Å². The number of anilines is 1. The number of pyridine rings is 2. The Bertz CT molecular complexity index is 2100. The van der Waals surface area contributed by atoms with E-state index < -0.39 is 23.1 Å². The van der Waals surface area contributed by atoms with E-state index in [1.54, 1.807) is 37.7 Å². The van der Waals surface area contributed by atoms with Crippen LogP contribution in [0.15, 0.2) is 77.9 Å². The van der Waals surface area contributed by atoms with Crippen molar-refractivity contribution < 1.29 is 32.5 Å². The first kappa shape index (κ1) is 33.0. The molecule has 258 valence electrons. The van der Waals surface area contributed by atoms with Gasteiger partial charge < -0.3 is 29.2 Å². The summed E-state index contributed by atoms with van der Waals surface area (Å²) in [7, 11) is 1.55. The highest BCUT2D eigenvalue weighted by atomic mass is 19.1. The molecule has 5 aromatic rings. The van der Waals surface area contributed by atoms with Gasteiger partial charge in [-0.1, -0.05) is 6.42 Å². The van der Waals surface area contributed by atoms with Crippen molar-refractivity contribution >= 4 is 22.5 Å². The van der Waals surface area contributed by atoms with Gasteiger partial charge in [0, 0.05) is 59.8 Å². The van der Waals surface area contributed by atoms with E-state index in [4.69, 9.17) is 18.9 Å². The number of methoxy groups -OCH3 is 1. The Hall–Kier alpha value is -5.49. The topological polar surface area (TPSA) is 104 Å². The van der Waals surface area contributed by atoms with Crippen molar-refractivity contribution in [1.82, 2.24) is 14.5 Å². The first-order chi connectivity index (χ1) is 24.4. The van der Waals surface area contributed by atoms with Gasteiger partial charge in [0.1, 0.15) is 22.9 Å². The Balaban J connectivity index is 1.07. The Labute approximate surface area is 287 Å². The lowest BCUT2D eigenvalue weighted by molar-refractivity contribution is 0.102. The fourth-order valence-electron chi connectivity index (χ4n) is 6.37. The average Bonchev–Trinajstić information content (AvgIpc) is 3.59. The number of halogens is 2. The van der Waals surface area contributed by atoms with E-state index >= 15 is 4.39 Å². The number of ether oxygens (including phenoxy) is 4.